The van der Waals surface area contributed by atoms with Gasteiger partial charge >= 0.3 is 0 Å². The molecule has 0 aliphatic heterocycles. The molecule has 1 fully saturated rings. The lowest BCUT2D eigenvalue weighted by molar-refractivity contribution is 0.687. The largest absolute Gasteiger partial charge is 0.360 e. The van der Waals surface area contributed by atoms with E-state index in [1.165, 1.54) is 18.4 Å². The number of thiocarbonyl (C=S) groups is 1. The lowest BCUT2D eigenvalue weighted by Crippen LogP contribution is -2.29. The van der Waals surface area contributed by atoms with Crippen LogP contribution in [-0.2, 0) is 6.54 Å². The molecule has 4 nitrogen and oxygen atoms in total. The van der Waals surface area contributed by atoms with Gasteiger partial charge in [0.1, 0.15) is 0 Å². The second-order valence-corrected chi connectivity index (χ2v) is 5.19. The predicted molar refractivity (Wildman–Crippen MR) is 80.1 cm³/mol. The monoisotopic (exact) mass is 272 g/mol. The Labute approximate surface area is 117 Å². The standard InChI is InChI=1S/C14H16N4S/c19-14(16-12-6-7-12)17-13-8-15-18(10-13)9-11-4-2-1-3-5-11/h1-5,8,10,12H,6-7,9H2,(H2,16,17,19). The minimum Gasteiger partial charge on any atom is -0.360 e. The summed E-state index contributed by atoms with van der Waals surface area (Å²) < 4.78 is 1.90. The van der Waals surface area contributed by atoms with Crippen LogP contribution >= 0.6 is 12.2 Å². The van der Waals surface area contributed by atoms with Crippen molar-refractivity contribution in [1.82, 2.24) is 15.1 Å². The lowest BCUT2D eigenvalue weighted by Gasteiger charge is -2.06. The van der Waals surface area contributed by atoms with Crippen molar-refractivity contribution >= 4 is 23.0 Å². The van der Waals surface area contributed by atoms with E-state index in [1.807, 2.05) is 29.1 Å². The number of benzene rings is 1. The molecule has 0 amide bonds. The van der Waals surface area contributed by atoms with E-state index >= 15 is 0 Å². The fourth-order valence-electron chi connectivity index (χ4n) is 1.87. The maximum absolute atomic E-state index is 5.23. The van der Waals surface area contributed by atoms with Crippen molar-refractivity contribution in [2.24, 2.45) is 0 Å². The summed E-state index contributed by atoms with van der Waals surface area (Å²) >= 11 is 5.23. The molecule has 0 atom stereocenters. The van der Waals surface area contributed by atoms with Gasteiger partial charge in [-0.25, -0.2) is 0 Å². The van der Waals surface area contributed by atoms with Crippen LogP contribution in [0.15, 0.2) is 42.7 Å². The van der Waals surface area contributed by atoms with E-state index in [0.29, 0.717) is 11.2 Å². The molecule has 1 saturated carbocycles. The lowest BCUT2D eigenvalue weighted by atomic mass is 10.2. The highest BCUT2D eigenvalue weighted by atomic mass is 32.1. The van der Waals surface area contributed by atoms with Gasteiger partial charge in [0.25, 0.3) is 0 Å². The Kier molecular flexibility index (Phi) is 3.46. The zero-order valence-electron chi connectivity index (χ0n) is 10.5. The van der Waals surface area contributed by atoms with Crippen molar-refractivity contribution in [2.45, 2.75) is 25.4 Å². The first kappa shape index (κ1) is 12.2. The highest BCUT2D eigenvalue weighted by Gasteiger charge is 2.21. The highest BCUT2D eigenvalue weighted by Crippen LogP contribution is 2.18. The van der Waals surface area contributed by atoms with Gasteiger partial charge < -0.3 is 10.6 Å². The predicted octanol–water partition coefficient (Wildman–Crippen LogP) is 2.38. The molecule has 1 heterocycles. The summed E-state index contributed by atoms with van der Waals surface area (Å²) in [6.07, 6.45) is 6.20. The third-order valence-corrected chi connectivity index (χ3v) is 3.21. The molecular formula is C14H16N4S. The van der Waals surface area contributed by atoms with Crippen LogP contribution in [0, 0.1) is 0 Å². The summed E-state index contributed by atoms with van der Waals surface area (Å²) in [6, 6.07) is 10.8. The average molecular weight is 272 g/mol. The van der Waals surface area contributed by atoms with Gasteiger partial charge in [-0.3, -0.25) is 4.68 Å². The first-order valence-electron chi connectivity index (χ1n) is 6.43. The number of aromatic nitrogens is 2. The van der Waals surface area contributed by atoms with Crippen LogP contribution in [0.1, 0.15) is 18.4 Å². The Bertz CT molecular complexity index is 560. The van der Waals surface area contributed by atoms with E-state index < -0.39 is 0 Å². The van der Waals surface area contributed by atoms with E-state index in [0.717, 1.165) is 12.2 Å². The molecule has 19 heavy (non-hydrogen) atoms. The van der Waals surface area contributed by atoms with E-state index in [4.69, 9.17) is 12.2 Å². The normalized spacial score (nSPS) is 14.1. The van der Waals surface area contributed by atoms with Crippen molar-refractivity contribution in [3.8, 4) is 0 Å². The maximum atomic E-state index is 5.23. The molecule has 1 aliphatic carbocycles. The molecule has 0 bridgehead atoms. The Morgan fingerprint density at radius 2 is 2.11 bits per heavy atom. The summed E-state index contributed by atoms with van der Waals surface area (Å²) in [5.41, 5.74) is 2.16. The summed E-state index contributed by atoms with van der Waals surface area (Å²) in [5, 5.41) is 11.4. The van der Waals surface area contributed by atoms with E-state index in [-0.39, 0.29) is 0 Å². The minimum absolute atomic E-state index is 0.569. The second-order valence-electron chi connectivity index (χ2n) is 4.78. The first-order chi connectivity index (χ1) is 9.29. The topological polar surface area (TPSA) is 41.9 Å². The molecule has 2 aromatic rings. The van der Waals surface area contributed by atoms with Crippen LogP contribution in [0.4, 0.5) is 5.69 Å². The number of rotatable bonds is 4. The van der Waals surface area contributed by atoms with Gasteiger partial charge in [-0.1, -0.05) is 30.3 Å². The van der Waals surface area contributed by atoms with Crippen LogP contribution in [0.25, 0.3) is 0 Å². The van der Waals surface area contributed by atoms with Crippen LogP contribution in [-0.4, -0.2) is 20.9 Å². The summed E-state index contributed by atoms with van der Waals surface area (Å²) in [6.45, 7) is 0.769. The molecule has 0 unspecified atom stereocenters. The Balaban J connectivity index is 1.58. The molecule has 1 aliphatic rings. The Morgan fingerprint density at radius 1 is 1.32 bits per heavy atom. The van der Waals surface area contributed by atoms with Crippen LogP contribution in [0.2, 0.25) is 0 Å². The molecule has 1 aromatic heterocycles. The zero-order valence-corrected chi connectivity index (χ0v) is 11.4. The van der Waals surface area contributed by atoms with Gasteiger partial charge in [-0.2, -0.15) is 5.10 Å². The quantitative estimate of drug-likeness (QED) is 0.839. The van der Waals surface area contributed by atoms with Crippen LogP contribution in [0.5, 0.6) is 0 Å². The first-order valence-corrected chi connectivity index (χ1v) is 6.84. The summed E-state index contributed by atoms with van der Waals surface area (Å²) in [4.78, 5) is 0. The molecule has 0 spiro atoms. The molecule has 2 N–H and O–H groups in total. The van der Waals surface area contributed by atoms with Crippen molar-refractivity contribution in [3.63, 3.8) is 0 Å². The van der Waals surface area contributed by atoms with E-state index in [1.54, 1.807) is 6.20 Å². The third kappa shape index (κ3) is 3.54. The molecular weight excluding hydrogens is 256 g/mol. The summed E-state index contributed by atoms with van der Waals surface area (Å²) in [5.74, 6) is 0. The Morgan fingerprint density at radius 3 is 2.84 bits per heavy atom. The van der Waals surface area contributed by atoms with Gasteiger partial charge in [0.2, 0.25) is 0 Å². The van der Waals surface area contributed by atoms with Gasteiger partial charge in [0.15, 0.2) is 5.11 Å². The minimum atomic E-state index is 0.569. The number of hydrogen-bond donors (Lipinski definition) is 2. The van der Waals surface area contributed by atoms with Gasteiger partial charge in [0, 0.05) is 12.2 Å². The number of anilines is 1. The van der Waals surface area contributed by atoms with Gasteiger partial charge in [0.05, 0.1) is 18.4 Å². The van der Waals surface area contributed by atoms with Crippen molar-refractivity contribution in [1.29, 1.82) is 0 Å². The van der Waals surface area contributed by atoms with Crippen LogP contribution < -0.4 is 10.6 Å². The zero-order chi connectivity index (χ0) is 13.1. The fourth-order valence-corrected chi connectivity index (χ4v) is 2.15. The number of nitrogens with zero attached hydrogens (tertiary/aromatic N) is 2. The van der Waals surface area contributed by atoms with Crippen molar-refractivity contribution in [2.75, 3.05) is 5.32 Å². The molecule has 1 aromatic carbocycles. The number of hydrogen-bond acceptors (Lipinski definition) is 2. The molecule has 3 rings (SSSR count). The van der Waals surface area contributed by atoms with Gasteiger partial charge in [-0.05, 0) is 30.6 Å². The van der Waals surface area contributed by atoms with E-state index in [2.05, 4.69) is 27.9 Å². The molecule has 98 valence electrons. The molecule has 0 radical (unpaired) electrons. The SMILES string of the molecule is S=C(Nc1cnn(Cc2ccccc2)c1)NC1CC1. The maximum Gasteiger partial charge on any atom is 0.171 e. The highest BCUT2D eigenvalue weighted by molar-refractivity contribution is 7.80. The summed E-state index contributed by atoms with van der Waals surface area (Å²) in [7, 11) is 0. The molecule has 0 saturated heterocycles. The van der Waals surface area contributed by atoms with E-state index in [9.17, 15) is 0 Å². The fraction of sp³-hybridized carbons (Fsp3) is 0.286. The Hall–Kier alpha value is -1.88. The van der Waals surface area contributed by atoms with Crippen molar-refractivity contribution < 1.29 is 0 Å². The smallest absolute Gasteiger partial charge is 0.171 e. The van der Waals surface area contributed by atoms with Gasteiger partial charge in [-0.15, -0.1) is 0 Å². The molecule has 5 heteroatoms. The van der Waals surface area contributed by atoms with Crippen LogP contribution in [0.3, 0.4) is 0 Å². The number of nitrogens with one attached hydrogen (secondary N) is 2. The average Bonchev–Trinajstić information content (AvgIpc) is 3.11. The van der Waals surface area contributed by atoms with Crippen molar-refractivity contribution in [3.05, 3.63) is 48.3 Å². The third-order valence-electron chi connectivity index (χ3n) is 2.99. The second kappa shape index (κ2) is 5.40.